The number of hydrogen-bond acceptors (Lipinski definition) is 5. The Hall–Kier alpha value is -2.96. The van der Waals surface area contributed by atoms with Gasteiger partial charge in [0.15, 0.2) is 6.10 Å². The van der Waals surface area contributed by atoms with Crippen LogP contribution in [0.3, 0.4) is 0 Å². The second-order valence-corrected chi connectivity index (χ2v) is 7.71. The molecular weight excluding hydrogens is 372 g/mol. The SMILES string of the molecule is Cc1cccc(C)c1NC(=O)[C@@H](C)OC(=O)[C@H](C)N1C(=O)[C@H]2CC=CC[C@@H]2C1=O. The molecule has 1 aromatic carbocycles. The first kappa shape index (κ1) is 20.8. The predicted molar refractivity (Wildman–Crippen MR) is 107 cm³/mol. The molecule has 0 radical (unpaired) electrons. The molecule has 7 heteroatoms. The number of allylic oxidation sites excluding steroid dienone is 2. The molecule has 3 rings (SSSR count). The van der Waals surface area contributed by atoms with E-state index in [0.29, 0.717) is 18.5 Å². The lowest BCUT2D eigenvalue weighted by molar-refractivity contribution is -0.163. The van der Waals surface area contributed by atoms with Gasteiger partial charge in [-0.2, -0.15) is 0 Å². The molecule has 29 heavy (non-hydrogen) atoms. The third kappa shape index (κ3) is 3.95. The van der Waals surface area contributed by atoms with Gasteiger partial charge < -0.3 is 10.1 Å². The standard InChI is InChI=1S/C22H26N2O5/c1-12-8-7-9-13(2)18(12)23-19(25)15(4)29-22(28)14(3)24-20(26)16-10-5-6-11-17(16)21(24)27/h5-9,14-17H,10-11H2,1-4H3,(H,23,25)/t14-,15+,16-,17-/m0/s1. The Bertz CT molecular complexity index is 845. The van der Waals surface area contributed by atoms with E-state index in [-0.39, 0.29) is 11.8 Å². The monoisotopic (exact) mass is 398 g/mol. The van der Waals surface area contributed by atoms with Crippen molar-refractivity contribution in [1.29, 1.82) is 0 Å². The highest BCUT2D eigenvalue weighted by Crippen LogP contribution is 2.36. The molecule has 4 atom stereocenters. The van der Waals surface area contributed by atoms with E-state index in [2.05, 4.69) is 5.32 Å². The molecule has 3 amide bonds. The average molecular weight is 398 g/mol. The lowest BCUT2D eigenvalue weighted by Crippen LogP contribution is -2.46. The Morgan fingerprint density at radius 2 is 1.55 bits per heavy atom. The molecule has 7 nitrogen and oxygen atoms in total. The fourth-order valence-corrected chi connectivity index (χ4v) is 3.88. The summed E-state index contributed by atoms with van der Waals surface area (Å²) in [5, 5.41) is 2.78. The average Bonchev–Trinajstić information content (AvgIpc) is 2.95. The van der Waals surface area contributed by atoms with Gasteiger partial charge in [-0.1, -0.05) is 30.4 Å². The molecule has 0 spiro atoms. The minimum absolute atomic E-state index is 0.346. The number of hydrogen-bond donors (Lipinski definition) is 1. The maximum absolute atomic E-state index is 12.6. The number of nitrogens with zero attached hydrogens (tertiary/aromatic N) is 1. The molecule has 1 aliphatic heterocycles. The number of likely N-dealkylation sites (tertiary alicyclic amines) is 1. The van der Waals surface area contributed by atoms with Crippen molar-refractivity contribution in [2.75, 3.05) is 5.32 Å². The molecule has 1 fully saturated rings. The number of esters is 1. The van der Waals surface area contributed by atoms with Crippen molar-refractivity contribution in [1.82, 2.24) is 4.90 Å². The molecular formula is C22H26N2O5. The summed E-state index contributed by atoms with van der Waals surface area (Å²) in [5.41, 5.74) is 2.47. The number of carbonyl (C=O) groups is 4. The molecule has 154 valence electrons. The van der Waals surface area contributed by atoms with Gasteiger partial charge in [0.05, 0.1) is 11.8 Å². The molecule has 0 saturated carbocycles. The van der Waals surface area contributed by atoms with E-state index in [9.17, 15) is 19.2 Å². The number of carbonyl (C=O) groups excluding carboxylic acids is 4. The van der Waals surface area contributed by atoms with Crippen molar-refractivity contribution >= 4 is 29.4 Å². The second kappa shape index (κ2) is 8.19. The third-order valence-electron chi connectivity index (χ3n) is 5.66. The van der Waals surface area contributed by atoms with Gasteiger partial charge in [0, 0.05) is 5.69 Å². The highest BCUT2D eigenvalue weighted by molar-refractivity contribution is 6.08. The van der Waals surface area contributed by atoms with Gasteiger partial charge >= 0.3 is 5.97 Å². The summed E-state index contributed by atoms with van der Waals surface area (Å²) in [6.07, 6.45) is 3.71. The number of benzene rings is 1. The van der Waals surface area contributed by atoms with E-state index < -0.39 is 35.9 Å². The Labute approximate surface area is 170 Å². The minimum Gasteiger partial charge on any atom is -0.451 e. The van der Waals surface area contributed by atoms with Crippen LogP contribution in [0.1, 0.15) is 37.8 Å². The number of amides is 3. The normalized spacial score (nSPS) is 22.8. The van der Waals surface area contributed by atoms with Gasteiger partial charge in [-0.05, 0) is 51.7 Å². The Morgan fingerprint density at radius 1 is 1.03 bits per heavy atom. The number of fused-ring (bicyclic) bond motifs is 1. The summed E-state index contributed by atoms with van der Waals surface area (Å²) in [7, 11) is 0. The van der Waals surface area contributed by atoms with Crippen molar-refractivity contribution in [3.8, 4) is 0 Å². The number of ether oxygens (including phenoxy) is 1. The quantitative estimate of drug-likeness (QED) is 0.467. The van der Waals surface area contributed by atoms with Crippen LogP contribution in [0.5, 0.6) is 0 Å². The minimum atomic E-state index is -1.07. The van der Waals surface area contributed by atoms with Crippen LogP contribution < -0.4 is 5.32 Å². The third-order valence-corrected chi connectivity index (χ3v) is 5.66. The molecule has 0 aromatic heterocycles. The molecule has 0 unspecified atom stereocenters. The predicted octanol–water partition coefficient (Wildman–Crippen LogP) is 2.51. The zero-order valence-electron chi connectivity index (χ0n) is 17.1. The molecule has 1 N–H and O–H groups in total. The maximum atomic E-state index is 12.6. The Kier molecular flexibility index (Phi) is 5.86. The lowest BCUT2D eigenvalue weighted by atomic mass is 9.85. The van der Waals surface area contributed by atoms with Crippen LogP contribution in [-0.4, -0.2) is 40.7 Å². The van der Waals surface area contributed by atoms with Crippen molar-refractivity contribution in [3.05, 3.63) is 41.5 Å². The van der Waals surface area contributed by atoms with Gasteiger partial charge in [0.2, 0.25) is 11.8 Å². The van der Waals surface area contributed by atoms with Crippen LogP contribution in [0, 0.1) is 25.7 Å². The lowest BCUT2D eigenvalue weighted by Gasteiger charge is -2.23. The van der Waals surface area contributed by atoms with Gasteiger partial charge in [-0.3, -0.25) is 19.3 Å². The van der Waals surface area contributed by atoms with E-state index in [1.807, 2.05) is 44.2 Å². The first-order valence-corrected chi connectivity index (χ1v) is 9.81. The highest BCUT2D eigenvalue weighted by atomic mass is 16.5. The van der Waals surface area contributed by atoms with Crippen molar-refractivity contribution in [2.45, 2.75) is 52.7 Å². The van der Waals surface area contributed by atoms with E-state index in [4.69, 9.17) is 4.74 Å². The molecule has 2 aliphatic rings. The van der Waals surface area contributed by atoms with E-state index in [1.54, 1.807) is 0 Å². The van der Waals surface area contributed by atoms with Crippen LogP contribution in [-0.2, 0) is 23.9 Å². The van der Waals surface area contributed by atoms with E-state index >= 15 is 0 Å². The van der Waals surface area contributed by atoms with Crippen LogP contribution in [0.15, 0.2) is 30.4 Å². The van der Waals surface area contributed by atoms with Crippen molar-refractivity contribution < 1.29 is 23.9 Å². The van der Waals surface area contributed by atoms with Crippen LogP contribution in [0.2, 0.25) is 0 Å². The van der Waals surface area contributed by atoms with Crippen molar-refractivity contribution in [3.63, 3.8) is 0 Å². The summed E-state index contributed by atoms with van der Waals surface area (Å²) in [6, 6.07) is 4.57. The highest BCUT2D eigenvalue weighted by Gasteiger charge is 2.50. The van der Waals surface area contributed by atoms with Crippen LogP contribution in [0.4, 0.5) is 5.69 Å². The van der Waals surface area contributed by atoms with Gasteiger partial charge in [0.25, 0.3) is 5.91 Å². The second-order valence-electron chi connectivity index (χ2n) is 7.71. The van der Waals surface area contributed by atoms with E-state index in [1.165, 1.54) is 13.8 Å². The largest absolute Gasteiger partial charge is 0.451 e. The molecule has 1 aromatic rings. The van der Waals surface area contributed by atoms with Crippen LogP contribution in [0.25, 0.3) is 0 Å². The van der Waals surface area contributed by atoms with Crippen molar-refractivity contribution in [2.24, 2.45) is 11.8 Å². The zero-order chi connectivity index (χ0) is 21.3. The number of rotatable bonds is 5. The van der Waals surface area contributed by atoms with Gasteiger partial charge in [-0.15, -0.1) is 0 Å². The number of para-hydroxylation sites is 1. The summed E-state index contributed by atoms with van der Waals surface area (Å²) in [6.45, 7) is 6.67. The first-order valence-electron chi connectivity index (χ1n) is 9.81. The Morgan fingerprint density at radius 3 is 2.07 bits per heavy atom. The van der Waals surface area contributed by atoms with E-state index in [0.717, 1.165) is 16.0 Å². The number of aryl methyl sites for hydroxylation is 2. The number of anilines is 1. The molecule has 1 aliphatic carbocycles. The molecule has 1 heterocycles. The number of imide groups is 1. The maximum Gasteiger partial charge on any atom is 0.329 e. The Balaban J connectivity index is 1.64. The topological polar surface area (TPSA) is 92.8 Å². The summed E-state index contributed by atoms with van der Waals surface area (Å²) < 4.78 is 5.28. The van der Waals surface area contributed by atoms with Gasteiger partial charge in [-0.25, -0.2) is 4.79 Å². The smallest absolute Gasteiger partial charge is 0.329 e. The first-order chi connectivity index (χ1) is 13.7. The summed E-state index contributed by atoms with van der Waals surface area (Å²) in [5.74, 6) is -2.76. The molecule has 0 bridgehead atoms. The fourth-order valence-electron chi connectivity index (χ4n) is 3.88. The summed E-state index contributed by atoms with van der Waals surface area (Å²) in [4.78, 5) is 51.3. The summed E-state index contributed by atoms with van der Waals surface area (Å²) >= 11 is 0. The zero-order valence-corrected chi connectivity index (χ0v) is 17.1. The number of nitrogens with one attached hydrogen (secondary N) is 1. The fraction of sp³-hybridized carbons (Fsp3) is 0.455. The van der Waals surface area contributed by atoms with Crippen LogP contribution >= 0.6 is 0 Å². The van der Waals surface area contributed by atoms with Gasteiger partial charge in [0.1, 0.15) is 6.04 Å². The molecule has 1 saturated heterocycles.